The number of benzene rings is 1. The third-order valence-electron chi connectivity index (χ3n) is 3.10. The predicted molar refractivity (Wildman–Crippen MR) is 79.3 cm³/mol. The van der Waals surface area contributed by atoms with Crippen molar-refractivity contribution in [1.82, 2.24) is 10.2 Å². The van der Waals surface area contributed by atoms with E-state index in [1.165, 1.54) is 11.0 Å². The van der Waals surface area contributed by atoms with Gasteiger partial charge in [0.05, 0.1) is 11.1 Å². The van der Waals surface area contributed by atoms with Gasteiger partial charge >= 0.3 is 6.03 Å². The number of carbonyl (C=O) groups excluding carboxylic acids is 3. The van der Waals surface area contributed by atoms with Crippen molar-refractivity contribution in [2.45, 2.75) is 19.9 Å². The fourth-order valence-electron chi connectivity index (χ4n) is 2.15. The lowest BCUT2D eigenvalue weighted by Crippen LogP contribution is -2.35. The van der Waals surface area contributed by atoms with Crippen LogP contribution in [0.5, 0.6) is 0 Å². The zero-order valence-corrected chi connectivity index (χ0v) is 12.0. The quantitative estimate of drug-likeness (QED) is 0.656. The summed E-state index contributed by atoms with van der Waals surface area (Å²) in [5.74, 6) is -0.632. The van der Waals surface area contributed by atoms with E-state index in [0.29, 0.717) is 23.4 Å². The number of fused-ring (bicyclic) bond motifs is 1. The van der Waals surface area contributed by atoms with Gasteiger partial charge in [-0.15, -0.1) is 6.58 Å². The van der Waals surface area contributed by atoms with E-state index in [0.717, 1.165) is 0 Å². The molecule has 110 valence electrons. The number of amides is 4. The number of carbonyl (C=O) groups is 3. The average Bonchev–Trinajstić information content (AvgIpc) is 2.68. The van der Waals surface area contributed by atoms with Crippen molar-refractivity contribution in [3.63, 3.8) is 0 Å². The van der Waals surface area contributed by atoms with E-state index in [1.54, 1.807) is 32.1 Å². The van der Waals surface area contributed by atoms with Crippen LogP contribution in [0.4, 0.5) is 10.5 Å². The van der Waals surface area contributed by atoms with Gasteiger partial charge in [-0.2, -0.15) is 0 Å². The Morgan fingerprint density at radius 1 is 1.29 bits per heavy atom. The minimum Gasteiger partial charge on any atom is -0.334 e. The van der Waals surface area contributed by atoms with Crippen LogP contribution in [0.25, 0.3) is 0 Å². The van der Waals surface area contributed by atoms with E-state index < -0.39 is 6.03 Å². The van der Waals surface area contributed by atoms with Gasteiger partial charge in [-0.25, -0.2) is 4.79 Å². The average molecular weight is 287 g/mol. The fourth-order valence-corrected chi connectivity index (χ4v) is 2.15. The summed E-state index contributed by atoms with van der Waals surface area (Å²) < 4.78 is 0. The second kappa shape index (κ2) is 5.78. The van der Waals surface area contributed by atoms with Gasteiger partial charge in [0.2, 0.25) is 0 Å². The molecule has 0 saturated carbocycles. The Hall–Kier alpha value is -2.63. The maximum Gasteiger partial charge on any atom is 0.319 e. The first-order valence-corrected chi connectivity index (χ1v) is 6.63. The van der Waals surface area contributed by atoms with Gasteiger partial charge in [-0.05, 0) is 32.0 Å². The minimum atomic E-state index is -0.396. The summed E-state index contributed by atoms with van der Waals surface area (Å²) in [4.78, 5) is 37.1. The molecule has 0 atom stereocenters. The van der Waals surface area contributed by atoms with Gasteiger partial charge in [0.15, 0.2) is 0 Å². The number of rotatable bonds is 4. The summed E-state index contributed by atoms with van der Waals surface area (Å²) in [5, 5.41) is 5.17. The maximum absolute atomic E-state index is 12.2. The van der Waals surface area contributed by atoms with Crippen LogP contribution >= 0.6 is 0 Å². The lowest BCUT2D eigenvalue weighted by atomic mass is 10.1. The molecular formula is C15H17N3O3. The predicted octanol–water partition coefficient (Wildman–Crippen LogP) is 2.00. The van der Waals surface area contributed by atoms with Gasteiger partial charge in [0.1, 0.15) is 0 Å². The van der Waals surface area contributed by atoms with Crippen molar-refractivity contribution in [3.8, 4) is 0 Å². The van der Waals surface area contributed by atoms with Crippen LogP contribution in [0, 0.1) is 0 Å². The molecule has 1 aliphatic rings. The first-order chi connectivity index (χ1) is 9.95. The molecule has 6 heteroatoms. The Labute approximate surface area is 122 Å². The number of hydrogen-bond acceptors (Lipinski definition) is 3. The van der Waals surface area contributed by atoms with Crippen LogP contribution in [0.3, 0.4) is 0 Å². The molecule has 0 aromatic heterocycles. The molecule has 0 unspecified atom stereocenters. The monoisotopic (exact) mass is 287 g/mol. The SMILES string of the molecule is C=CCNC(=O)Nc1ccc2c(c1)C(=O)N(C(C)C)C2=O. The van der Waals surface area contributed by atoms with Crippen molar-refractivity contribution < 1.29 is 14.4 Å². The Bertz CT molecular complexity index is 623. The zero-order chi connectivity index (χ0) is 15.6. The van der Waals surface area contributed by atoms with Crippen molar-refractivity contribution >= 4 is 23.5 Å². The molecule has 0 spiro atoms. The number of imide groups is 1. The molecule has 1 heterocycles. The normalized spacial score (nSPS) is 13.4. The van der Waals surface area contributed by atoms with Gasteiger partial charge in [-0.1, -0.05) is 6.08 Å². The summed E-state index contributed by atoms with van der Waals surface area (Å²) in [6, 6.07) is 4.07. The Morgan fingerprint density at radius 3 is 2.57 bits per heavy atom. The van der Waals surface area contributed by atoms with Crippen LogP contribution in [0.15, 0.2) is 30.9 Å². The van der Waals surface area contributed by atoms with Crippen LogP contribution < -0.4 is 10.6 Å². The highest BCUT2D eigenvalue weighted by Gasteiger charge is 2.37. The number of nitrogens with zero attached hydrogens (tertiary/aromatic N) is 1. The van der Waals surface area contributed by atoms with Crippen LogP contribution in [-0.2, 0) is 0 Å². The van der Waals surface area contributed by atoms with E-state index in [1.807, 2.05) is 0 Å². The molecule has 4 amide bonds. The number of anilines is 1. The molecule has 1 aromatic carbocycles. The second-order valence-corrected chi connectivity index (χ2v) is 4.96. The number of nitrogens with one attached hydrogen (secondary N) is 2. The largest absolute Gasteiger partial charge is 0.334 e. The first-order valence-electron chi connectivity index (χ1n) is 6.63. The summed E-state index contributed by atoms with van der Waals surface area (Å²) in [5.41, 5.74) is 1.14. The summed E-state index contributed by atoms with van der Waals surface area (Å²) >= 11 is 0. The van der Waals surface area contributed by atoms with Crippen molar-refractivity contribution in [2.75, 3.05) is 11.9 Å². The Kier molecular flexibility index (Phi) is 4.07. The lowest BCUT2D eigenvalue weighted by Gasteiger charge is -2.17. The van der Waals surface area contributed by atoms with Gasteiger partial charge in [0, 0.05) is 18.3 Å². The van der Waals surface area contributed by atoms with Crippen LogP contribution in [0.1, 0.15) is 34.6 Å². The molecule has 1 aromatic rings. The van der Waals surface area contributed by atoms with Gasteiger partial charge in [0.25, 0.3) is 11.8 Å². The lowest BCUT2D eigenvalue weighted by molar-refractivity contribution is 0.0609. The van der Waals surface area contributed by atoms with Crippen molar-refractivity contribution in [3.05, 3.63) is 42.0 Å². The third kappa shape index (κ3) is 2.79. The molecule has 0 fully saturated rings. The first kappa shape index (κ1) is 14.8. The van der Waals surface area contributed by atoms with Crippen molar-refractivity contribution in [2.24, 2.45) is 0 Å². The Morgan fingerprint density at radius 2 is 1.95 bits per heavy atom. The molecule has 0 aliphatic carbocycles. The topological polar surface area (TPSA) is 78.5 Å². The zero-order valence-electron chi connectivity index (χ0n) is 12.0. The summed E-state index contributed by atoms with van der Waals surface area (Å²) in [7, 11) is 0. The van der Waals surface area contributed by atoms with Crippen LogP contribution in [-0.4, -0.2) is 35.3 Å². The standard InChI is InChI=1S/C15H17N3O3/c1-4-7-16-15(21)17-10-5-6-11-12(8-10)14(20)18(9(2)3)13(11)19/h4-6,8-9H,1,7H2,2-3H3,(H2,16,17,21). The molecule has 1 aliphatic heterocycles. The molecule has 0 bridgehead atoms. The highest BCUT2D eigenvalue weighted by atomic mass is 16.2. The summed E-state index contributed by atoms with van der Waals surface area (Å²) in [6.07, 6.45) is 1.56. The molecule has 6 nitrogen and oxygen atoms in total. The third-order valence-corrected chi connectivity index (χ3v) is 3.10. The van der Waals surface area contributed by atoms with Gasteiger partial charge in [-0.3, -0.25) is 14.5 Å². The van der Waals surface area contributed by atoms with E-state index in [4.69, 9.17) is 0 Å². The maximum atomic E-state index is 12.2. The minimum absolute atomic E-state index is 0.204. The number of hydrogen-bond donors (Lipinski definition) is 2. The molecule has 2 rings (SSSR count). The smallest absolute Gasteiger partial charge is 0.319 e. The van der Waals surface area contributed by atoms with E-state index in [-0.39, 0.29) is 17.9 Å². The summed E-state index contributed by atoms with van der Waals surface area (Å²) in [6.45, 7) is 7.41. The Balaban J connectivity index is 2.22. The molecular weight excluding hydrogens is 270 g/mol. The molecule has 0 saturated heterocycles. The van der Waals surface area contributed by atoms with E-state index in [2.05, 4.69) is 17.2 Å². The fraction of sp³-hybridized carbons (Fsp3) is 0.267. The van der Waals surface area contributed by atoms with Crippen LogP contribution in [0.2, 0.25) is 0 Å². The van der Waals surface area contributed by atoms with Crippen molar-refractivity contribution in [1.29, 1.82) is 0 Å². The highest BCUT2D eigenvalue weighted by Crippen LogP contribution is 2.27. The van der Waals surface area contributed by atoms with E-state index in [9.17, 15) is 14.4 Å². The second-order valence-electron chi connectivity index (χ2n) is 4.96. The highest BCUT2D eigenvalue weighted by molar-refractivity contribution is 6.22. The number of urea groups is 1. The van der Waals surface area contributed by atoms with Gasteiger partial charge < -0.3 is 10.6 Å². The molecule has 21 heavy (non-hydrogen) atoms. The van der Waals surface area contributed by atoms with E-state index >= 15 is 0 Å². The molecule has 0 radical (unpaired) electrons. The molecule has 2 N–H and O–H groups in total.